The summed E-state index contributed by atoms with van der Waals surface area (Å²) in [6.07, 6.45) is 20.8. The third-order valence-corrected chi connectivity index (χ3v) is 11.5. The number of aliphatic imine (C=N–C) groups is 2. The summed E-state index contributed by atoms with van der Waals surface area (Å²) in [5, 5.41) is 1.87. The molecule has 0 radical (unpaired) electrons. The van der Waals surface area contributed by atoms with Crippen molar-refractivity contribution in [1.82, 2.24) is 19.8 Å². The van der Waals surface area contributed by atoms with Crippen molar-refractivity contribution in [3.8, 4) is 0 Å². The van der Waals surface area contributed by atoms with E-state index in [-0.39, 0.29) is 0 Å². The van der Waals surface area contributed by atoms with Gasteiger partial charge in [0.15, 0.2) is 9.87 Å². The average Bonchev–Trinajstić information content (AvgIpc) is 4.00. The summed E-state index contributed by atoms with van der Waals surface area (Å²) in [4.78, 5) is 19.8. The number of fused-ring (bicyclic) bond motifs is 6. The first-order chi connectivity index (χ1) is 25.3. The fourth-order valence-electron chi connectivity index (χ4n) is 7.52. The third kappa shape index (κ3) is 5.33. The number of halogens is 2. The van der Waals surface area contributed by atoms with E-state index >= 15 is 0 Å². The highest BCUT2D eigenvalue weighted by Gasteiger charge is 2.54. The van der Waals surface area contributed by atoms with Crippen molar-refractivity contribution in [2.24, 2.45) is 9.98 Å². The molecule has 0 fully saturated rings. The second kappa shape index (κ2) is 12.6. The van der Waals surface area contributed by atoms with Gasteiger partial charge in [-0.05, 0) is 95.4 Å². The number of nitrogens with zero attached hydrogens (tertiary/aromatic N) is 4. The van der Waals surface area contributed by atoms with Gasteiger partial charge in [-0.25, -0.2) is 4.99 Å². The summed E-state index contributed by atoms with van der Waals surface area (Å²) in [5.41, 5.74) is 11.0. The van der Waals surface area contributed by atoms with E-state index in [1.165, 1.54) is 0 Å². The van der Waals surface area contributed by atoms with Crippen LogP contribution in [-0.4, -0.2) is 63.4 Å². The monoisotopic (exact) mass is 718 g/mol. The largest absolute Gasteiger partial charge is 0.377 e. The van der Waals surface area contributed by atoms with Crippen LogP contribution in [-0.2, 0) is 4.87 Å². The molecule has 0 spiro atoms. The number of benzene rings is 2. The van der Waals surface area contributed by atoms with E-state index in [4.69, 9.17) is 33.2 Å². The first kappa shape index (κ1) is 32.4. The zero-order valence-corrected chi connectivity index (χ0v) is 30.3. The molecular formula is C44H36Cl2N6. The van der Waals surface area contributed by atoms with E-state index in [0.717, 1.165) is 84.7 Å². The molecule has 2 aromatic heterocycles. The maximum atomic E-state index is 8.01. The molecule has 5 aliphatic heterocycles. The number of rotatable bonds is 4. The molecule has 256 valence electrons. The highest BCUT2D eigenvalue weighted by atomic mass is 35.5. The summed E-state index contributed by atoms with van der Waals surface area (Å²) >= 11 is 15.8. The average molecular weight is 720 g/mol. The summed E-state index contributed by atoms with van der Waals surface area (Å²) in [6, 6.07) is 29.2. The Labute approximate surface area is 312 Å². The van der Waals surface area contributed by atoms with Gasteiger partial charge < -0.3 is 19.8 Å². The number of aromatic nitrogens is 2. The SMILES string of the molecule is CN1C=CC(C2=c3ccc([nH]3)=C(c3ccccc3)C3=NC(=C(c4ccccc4)c4ccc([nH]4)[C@](Cl)(C4=CCN(C)C=C4)[C@@]4(Cl)C=CC2=N4)C=C3)=CC1. The van der Waals surface area contributed by atoms with Crippen LogP contribution in [0.3, 0.4) is 0 Å². The van der Waals surface area contributed by atoms with Gasteiger partial charge in [0.25, 0.3) is 0 Å². The molecule has 0 unspecified atom stereocenters. The summed E-state index contributed by atoms with van der Waals surface area (Å²) in [7, 11) is 4.10. The molecule has 7 heterocycles. The molecule has 8 bridgehead atoms. The Bertz CT molecular complexity index is 2520. The van der Waals surface area contributed by atoms with Crippen LogP contribution in [0.5, 0.6) is 0 Å². The Morgan fingerprint density at radius 1 is 0.635 bits per heavy atom. The van der Waals surface area contributed by atoms with Crippen LogP contribution in [0.4, 0.5) is 0 Å². The van der Waals surface area contributed by atoms with Crippen molar-refractivity contribution in [2.45, 2.75) is 9.87 Å². The lowest BCUT2D eigenvalue weighted by atomic mass is 9.85. The van der Waals surface area contributed by atoms with Crippen LogP contribution in [0.15, 0.2) is 173 Å². The number of hydrogen-bond acceptors (Lipinski definition) is 4. The van der Waals surface area contributed by atoms with Gasteiger partial charge in [-0.1, -0.05) is 84.4 Å². The highest BCUT2D eigenvalue weighted by molar-refractivity contribution is 6.41. The Morgan fingerprint density at radius 3 is 1.98 bits per heavy atom. The molecule has 52 heavy (non-hydrogen) atoms. The van der Waals surface area contributed by atoms with Gasteiger partial charge in [-0.15, -0.1) is 11.6 Å². The predicted molar refractivity (Wildman–Crippen MR) is 215 cm³/mol. The van der Waals surface area contributed by atoms with Crippen molar-refractivity contribution >= 4 is 51.3 Å². The van der Waals surface area contributed by atoms with Gasteiger partial charge in [0, 0.05) is 66.0 Å². The molecule has 0 amide bonds. The molecule has 4 aromatic rings. The minimum absolute atomic E-state index is 0.691. The molecule has 5 aliphatic rings. The van der Waals surface area contributed by atoms with E-state index in [2.05, 4.69) is 118 Å². The maximum absolute atomic E-state index is 8.01. The van der Waals surface area contributed by atoms with Crippen molar-refractivity contribution in [3.63, 3.8) is 0 Å². The number of alkyl halides is 2. The number of allylic oxidation sites excluding steroid dienone is 6. The van der Waals surface area contributed by atoms with E-state index in [1.807, 2.05) is 61.8 Å². The molecular weight excluding hydrogens is 683 g/mol. The summed E-state index contributed by atoms with van der Waals surface area (Å²) in [6.45, 7) is 1.46. The van der Waals surface area contributed by atoms with Gasteiger partial charge >= 0.3 is 0 Å². The molecule has 2 N–H and O–H groups in total. The van der Waals surface area contributed by atoms with Crippen LogP contribution >= 0.6 is 23.2 Å². The molecule has 2 atom stereocenters. The van der Waals surface area contributed by atoms with E-state index in [0.29, 0.717) is 6.54 Å². The molecule has 0 saturated carbocycles. The second-order valence-corrected chi connectivity index (χ2v) is 14.8. The maximum Gasteiger partial charge on any atom is 0.181 e. The second-order valence-electron chi connectivity index (χ2n) is 13.6. The van der Waals surface area contributed by atoms with Gasteiger partial charge in [0.2, 0.25) is 0 Å². The van der Waals surface area contributed by atoms with Crippen LogP contribution in [0, 0.1) is 0 Å². The minimum Gasteiger partial charge on any atom is -0.377 e. The van der Waals surface area contributed by atoms with E-state index in [9.17, 15) is 0 Å². The van der Waals surface area contributed by atoms with E-state index in [1.54, 1.807) is 0 Å². The minimum atomic E-state index is -1.37. The van der Waals surface area contributed by atoms with Crippen LogP contribution in [0.25, 0.3) is 16.7 Å². The van der Waals surface area contributed by atoms with Crippen LogP contribution < -0.4 is 10.7 Å². The number of H-pyrrole nitrogens is 2. The fraction of sp³-hybridized carbons (Fsp3) is 0.136. The quantitative estimate of drug-likeness (QED) is 0.172. The first-order valence-corrected chi connectivity index (χ1v) is 18.2. The number of hydrogen-bond donors (Lipinski definition) is 2. The lowest BCUT2D eigenvalue weighted by Gasteiger charge is -2.39. The molecule has 2 aromatic carbocycles. The van der Waals surface area contributed by atoms with Crippen molar-refractivity contribution in [3.05, 3.63) is 196 Å². The molecule has 9 rings (SSSR count). The Morgan fingerprint density at radius 2 is 1.31 bits per heavy atom. The Kier molecular flexibility index (Phi) is 7.83. The van der Waals surface area contributed by atoms with Crippen molar-refractivity contribution in [1.29, 1.82) is 0 Å². The normalized spacial score (nSPS) is 23.7. The standard InChI is InChI=1S/C44H36Cl2N6/c1-51-25-20-31(21-26-51)42-36-16-15-34(48-36)40(29-9-5-3-6-10-29)33-13-14-35(47-33)41(30-11-7-4-8-12-30)37-17-18-39(49-37)44(46,32-22-27-52(2)28-23-32)43(45)24-19-38(42)50-43/h3-25,27,48-49H,26,28H2,1-2H3/t43-,44-/m1/s1. The van der Waals surface area contributed by atoms with Crippen molar-refractivity contribution in [2.75, 3.05) is 27.2 Å². The van der Waals surface area contributed by atoms with Gasteiger partial charge in [0.05, 0.1) is 17.1 Å². The Hall–Kier alpha value is -5.56. The zero-order chi connectivity index (χ0) is 35.5. The van der Waals surface area contributed by atoms with Gasteiger partial charge in [0.1, 0.15) is 0 Å². The number of nitrogens with one attached hydrogen (secondary N) is 2. The van der Waals surface area contributed by atoms with Crippen LogP contribution in [0.1, 0.15) is 22.5 Å². The van der Waals surface area contributed by atoms with E-state index < -0.39 is 9.87 Å². The summed E-state index contributed by atoms with van der Waals surface area (Å²) < 4.78 is 0. The smallest absolute Gasteiger partial charge is 0.181 e. The summed E-state index contributed by atoms with van der Waals surface area (Å²) in [5.74, 6) is 0. The fourth-order valence-corrected chi connectivity index (χ4v) is 8.24. The Balaban J connectivity index is 1.39. The van der Waals surface area contributed by atoms with Crippen molar-refractivity contribution < 1.29 is 0 Å². The lowest BCUT2D eigenvalue weighted by Crippen LogP contribution is -2.42. The molecule has 0 saturated heterocycles. The molecule has 8 heteroatoms. The number of aromatic amines is 2. The van der Waals surface area contributed by atoms with Gasteiger partial charge in [-0.3, -0.25) is 4.99 Å². The first-order valence-electron chi connectivity index (χ1n) is 17.4. The highest BCUT2D eigenvalue weighted by Crippen LogP contribution is 2.54. The zero-order valence-electron chi connectivity index (χ0n) is 28.8. The lowest BCUT2D eigenvalue weighted by molar-refractivity contribution is 0.487. The molecule has 0 aliphatic carbocycles. The third-order valence-electron chi connectivity index (χ3n) is 10.2. The van der Waals surface area contributed by atoms with Crippen LogP contribution in [0.2, 0.25) is 0 Å². The molecule has 6 nitrogen and oxygen atoms in total. The number of likely N-dealkylation sites (N-methyl/N-ethyl adjacent to an activating group) is 2. The topological polar surface area (TPSA) is 62.8 Å². The van der Waals surface area contributed by atoms with Gasteiger partial charge in [-0.2, -0.15) is 0 Å². The predicted octanol–water partition coefficient (Wildman–Crippen LogP) is 7.33.